The van der Waals surface area contributed by atoms with E-state index in [0.29, 0.717) is 37.2 Å². The van der Waals surface area contributed by atoms with Crippen molar-refractivity contribution in [3.8, 4) is 11.5 Å². The van der Waals surface area contributed by atoms with E-state index in [1.165, 1.54) is 0 Å². The maximum absolute atomic E-state index is 12.2. The first-order valence-corrected chi connectivity index (χ1v) is 9.53. The number of benzene rings is 2. The smallest absolute Gasteiger partial charge is 0.406 e. The molecule has 2 aliphatic rings. The van der Waals surface area contributed by atoms with E-state index in [-0.39, 0.29) is 0 Å². The lowest BCUT2D eigenvalue weighted by Gasteiger charge is -2.27. The molecular weight excluding hydrogens is 344 g/mol. The second-order valence-electron chi connectivity index (χ2n) is 5.99. The summed E-state index contributed by atoms with van der Waals surface area (Å²) in [5.74, 6) is 1.27. The molecule has 2 unspecified atom stereocenters. The van der Waals surface area contributed by atoms with Crippen LogP contribution in [0.1, 0.15) is 24.0 Å². The van der Waals surface area contributed by atoms with Gasteiger partial charge < -0.3 is 9.47 Å². The van der Waals surface area contributed by atoms with Gasteiger partial charge in [-0.15, -0.1) is 0 Å². The average molecular weight is 362 g/mol. The summed E-state index contributed by atoms with van der Waals surface area (Å²) in [5, 5.41) is 0. The van der Waals surface area contributed by atoms with Gasteiger partial charge in [-0.1, -0.05) is 36.4 Å². The van der Waals surface area contributed by atoms with Crippen molar-refractivity contribution in [2.75, 3.05) is 0 Å². The van der Waals surface area contributed by atoms with Crippen LogP contribution >= 0.6 is 0 Å². The molecule has 0 aliphatic carbocycles. The van der Waals surface area contributed by atoms with Crippen LogP contribution < -0.4 is 9.47 Å². The summed E-state index contributed by atoms with van der Waals surface area (Å²) in [4.78, 5) is 0. The zero-order chi connectivity index (χ0) is 17.3. The molecule has 0 bridgehead atoms. The molecule has 2 atom stereocenters. The van der Waals surface area contributed by atoms with Crippen molar-refractivity contribution in [3.05, 3.63) is 59.7 Å². The highest BCUT2D eigenvalue weighted by Crippen LogP contribution is 2.30. The largest absolute Gasteiger partial charge is 0.463 e. The van der Waals surface area contributed by atoms with Crippen LogP contribution in [0.3, 0.4) is 0 Å². The maximum atomic E-state index is 12.2. The summed E-state index contributed by atoms with van der Waals surface area (Å²) in [6.07, 6.45) is 0.460. The Morgan fingerprint density at radius 1 is 0.760 bits per heavy atom. The number of fused-ring (bicyclic) bond motifs is 2. The standard InChI is InChI=1S/C18H18O6S/c19-25(20,23-17-11-9-13-5-1-3-7-15(13)21-17)24-18-12-10-14-6-2-4-8-16(14)22-18/h1-8,17-18H,9-12H2. The number of hydrogen-bond acceptors (Lipinski definition) is 6. The monoisotopic (exact) mass is 362 g/mol. The molecule has 2 aromatic rings. The van der Waals surface area contributed by atoms with Crippen molar-refractivity contribution in [1.82, 2.24) is 0 Å². The summed E-state index contributed by atoms with van der Waals surface area (Å²) < 4.78 is 45.7. The number of rotatable bonds is 4. The van der Waals surface area contributed by atoms with Crippen molar-refractivity contribution >= 4 is 10.4 Å². The lowest BCUT2D eigenvalue weighted by molar-refractivity contribution is -0.0521. The molecule has 2 aromatic carbocycles. The van der Waals surface area contributed by atoms with E-state index in [1.807, 2.05) is 36.4 Å². The van der Waals surface area contributed by atoms with Crippen molar-refractivity contribution in [3.63, 3.8) is 0 Å². The van der Waals surface area contributed by atoms with Gasteiger partial charge in [-0.3, -0.25) is 0 Å². The fraction of sp³-hybridized carbons (Fsp3) is 0.333. The minimum absolute atomic E-state index is 0.438. The Morgan fingerprint density at radius 3 is 1.68 bits per heavy atom. The van der Waals surface area contributed by atoms with Gasteiger partial charge >= 0.3 is 10.4 Å². The third-order valence-electron chi connectivity index (χ3n) is 4.21. The van der Waals surface area contributed by atoms with Gasteiger partial charge in [0.15, 0.2) is 0 Å². The third-order valence-corrected chi connectivity index (χ3v) is 5.11. The average Bonchev–Trinajstić information content (AvgIpc) is 2.61. The SMILES string of the molecule is O=S(=O)(OC1CCc2ccccc2O1)OC1CCc2ccccc2O1. The van der Waals surface area contributed by atoms with Crippen LogP contribution in [0, 0.1) is 0 Å². The van der Waals surface area contributed by atoms with Crippen LogP contribution in [0.4, 0.5) is 0 Å². The minimum Gasteiger partial charge on any atom is -0.463 e. The van der Waals surface area contributed by atoms with Gasteiger partial charge in [-0.05, 0) is 36.1 Å². The van der Waals surface area contributed by atoms with Crippen LogP contribution in [0.5, 0.6) is 11.5 Å². The molecule has 0 saturated carbocycles. The Morgan fingerprint density at radius 2 is 1.20 bits per heavy atom. The van der Waals surface area contributed by atoms with Gasteiger partial charge in [0.1, 0.15) is 11.5 Å². The van der Waals surface area contributed by atoms with Crippen LogP contribution in [-0.2, 0) is 31.6 Å². The Hall–Kier alpha value is -2.09. The molecule has 7 heteroatoms. The van der Waals surface area contributed by atoms with Crippen LogP contribution in [0.25, 0.3) is 0 Å². The first-order chi connectivity index (χ1) is 12.1. The number of aryl methyl sites for hydroxylation is 2. The molecule has 2 aliphatic heterocycles. The molecule has 0 amide bonds. The summed E-state index contributed by atoms with van der Waals surface area (Å²) >= 11 is 0. The quantitative estimate of drug-likeness (QED) is 0.833. The molecule has 0 fully saturated rings. The normalized spacial score (nSPS) is 22.2. The number of para-hydroxylation sites is 2. The number of ether oxygens (including phenoxy) is 2. The predicted octanol–water partition coefficient (Wildman–Crippen LogP) is 2.97. The zero-order valence-electron chi connectivity index (χ0n) is 13.5. The molecule has 0 radical (unpaired) electrons. The van der Waals surface area contributed by atoms with Crippen LogP contribution in [0.15, 0.2) is 48.5 Å². The fourth-order valence-electron chi connectivity index (χ4n) is 3.02. The molecule has 0 aromatic heterocycles. The highest BCUT2D eigenvalue weighted by atomic mass is 32.3. The van der Waals surface area contributed by atoms with E-state index >= 15 is 0 Å². The molecule has 25 heavy (non-hydrogen) atoms. The van der Waals surface area contributed by atoms with Crippen LogP contribution in [0.2, 0.25) is 0 Å². The third kappa shape index (κ3) is 3.78. The van der Waals surface area contributed by atoms with E-state index in [1.54, 1.807) is 12.1 Å². The lowest BCUT2D eigenvalue weighted by Crippen LogP contribution is -2.33. The second kappa shape index (κ2) is 6.67. The van der Waals surface area contributed by atoms with E-state index < -0.39 is 23.0 Å². The molecule has 0 spiro atoms. The summed E-state index contributed by atoms with van der Waals surface area (Å²) in [6.45, 7) is 0. The molecule has 0 saturated heterocycles. The van der Waals surface area contributed by atoms with Gasteiger partial charge in [0.05, 0.1) is 0 Å². The first-order valence-electron chi connectivity index (χ1n) is 8.20. The van der Waals surface area contributed by atoms with Gasteiger partial charge in [0.2, 0.25) is 12.6 Å². The van der Waals surface area contributed by atoms with Gasteiger partial charge in [0, 0.05) is 12.8 Å². The highest BCUT2D eigenvalue weighted by Gasteiger charge is 2.31. The molecule has 0 N–H and O–H groups in total. The Labute approximate surface area is 146 Å². The molecule has 2 heterocycles. The van der Waals surface area contributed by atoms with Gasteiger partial charge in [-0.2, -0.15) is 8.42 Å². The molecule has 132 valence electrons. The molecule has 6 nitrogen and oxygen atoms in total. The Kier molecular flexibility index (Phi) is 4.37. The first kappa shape index (κ1) is 16.4. The van der Waals surface area contributed by atoms with Crippen molar-refractivity contribution in [1.29, 1.82) is 0 Å². The second-order valence-corrected chi connectivity index (χ2v) is 7.19. The van der Waals surface area contributed by atoms with E-state index in [4.69, 9.17) is 17.8 Å². The van der Waals surface area contributed by atoms with Crippen molar-refractivity contribution in [2.24, 2.45) is 0 Å². The number of hydrogen-bond donors (Lipinski definition) is 0. The Balaban J connectivity index is 1.38. The summed E-state index contributed by atoms with van der Waals surface area (Å²) in [7, 11) is -4.24. The maximum Gasteiger partial charge on any atom is 0.406 e. The van der Waals surface area contributed by atoms with Crippen LogP contribution in [-0.4, -0.2) is 21.0 Å². The van der Waals surface area contributed by atoms with E-state index in [0.717, 1.165) is 11.1 Å². The zero-order valence-corrected chi connectivity index (χ0v) is 14.3. The van der Waals surface area contributed by atoms with Crippen molar-refractivity contribution < 1.29 is 26.3 Å². The summed E-state index contributed by atoms with van der Waals surface area (Å²) in [6, 6.07) is 15.0. The molecule has 4 rings (SSSR count). The van der Waals surface area contributed by atoms with Crippen molar-refractivity contribution in [2.45, 2.75) is 38.3 Å². The molecular formula is C18H18O6S. The summed E-state index contributed by atoms with van der Waals surface area (Å²) in [5.41, 5.74) is 2.07. The topological polar surface area (TPSA) is 71.1 Å². The lowest BCUT2D eigenvalue weighted by atomic mass is 10.1. The Bertz CT molecular complexity index is 798. The van der Waals surface area contributed by atoms with Gasteiger partial charge in [-0.25, -0.2) is 8.37 Å². The minimum atomic E-state index is -4.24. The fourth-order valence-corrected chi connectivity index (χ4v) is 3.86. The van der Waals surface area contributed by atoms with E-state index in [9.17, 15) is 8.42 Å². The predicted molar refractivity (Wildman–Crippen MR) is 89.4 cm³/mol. The highest BCUT2D eigenvalue weighted by molar-refractivity contribution is 7.81. The van der Waals surface area contributed by atoms with E-state index in [2.05, 4.69) is 0 Å². The van der Waals surface area contributed by atoms with Gasteiger partial charge in [0.25, 0.3) is 0 Å².